The molecular formula is C17H19N3O3S. The van der Waals surface area contributed by atoms with Gasteiger partial charge in [-0.1, -0.05) is 6.07 Å². The summed E-state index contributed by atoms with van der Waals surface area (Å²) in [6.07, 6.45) is 6.23. The molecule has 126 valence electrons. The summed E-state index contributed by atoms with van der Waals surface area (Å²) in [6.45, 7) is 2.47. The van der Waals surface area contributed by atoms with Crippen molar-refractivity contribution in [2.75, 3.05) is 11.9 Å². The van der Waals surface area contributed by atoms with Crippen molar-refractivity contribution in [2.45, 2.75) is 32.7 Å². The number of rotatable bonds is 5. The zero-order valence-electron chi connectivity index (χ0n) is 13.4. The number of thiophene rings is 1. The molecule has 2 aromatic rings. The third-order valence-corrected chi connectivity index (χ3v) is 5.01. The van der Waals surface area contributed by atoms with Gasteiger partial charge in [0.1, 0.15) is 5.00 Å². The number of carbonyl (C=O) groups excluding carboxylic acids is 2. The summed E-state index contributed by atoms with van der Waals surface area (Å²) in [5.41, 5.74) is 2.46. The van der Waals surface area contributed by atoms with Gasteiger partial charge >= 0.3 is 12.0 Å². The topological polar surface area (TPSA) is 80.3 Å². The largest absolute Gasteiger partial charge is 0.462 e. The highest BCUT2D eigenvalue weighted by atomic mass is 32.1. The van der Waals surface area contributed by atoms with Gasteiger partial charge in [0.15, 0.2) is 0 Å². The van der Waals surface area contributed by atoms with Crippen molar-refractivity contribution in [2.24, 2.45) is 0 Å². The lowest BCUT2D eigenvalue weighted by atomic mass is 10.1. The molecule has 0 atom stereocenters. The maximum atomic E-state index is 12.3. The lowest BCUT2D eigenvalue weighted by Gasteiger charge is -2.09. The molecule has 0 aromatic carbocycles. The number of ether oxygens (including phenoxy) is 1. The van der Waals surface area contributed by atoms with Crippen molar-refractivity contribution in [3.8, 4) is 0 Å². The Balaban J connectivity index is 1.70. The van der Waals surface area contributed by atoms with E-state index >= 15 is 0 Å². The van der Waals surface area contributed by atoms with Crippen LogP contribution >= 0.6 is 11.3 Å². The van der Waals surface area contributed by atoms with Crippen molar-refractivity contribution in [3.05, 3.63) is 46.1 Å². The third kappa shape index (κ3) is 3.56. The number of carbonyl (C=O) groups is 2. The molecule has 2 heterocycles. The Labute approximate surface area is 144 Å². The fourth-order valence-corrected chi connectivity index (χ4v) is 4.02. The molecule has 2 amide bonds. The van der Waals surface area contributed by atoms with Crippen LogP contribution in [0.5, 0.6) is 0 Å². The second-order valence-electron chi connectivity index (χ2n) is 5.45. The lowest BCUT2D eigenvalue weighted by molar-refractivity contribution is 0.0527. The van der Waals surface area contributed by atoms with Gasteiger partial charge in [-0.2, -0.15) is 0 Å². The van der Waals surface area contributed by atoms with Crippen LogP contribution in [0.2, 0.25) is 0 Å². The summed E-state index contributed by atoms with van der Waals surface area (Å²) in [5.74, 6) is -0.362. The predicted molar refractivity (Wildman–Crippen MR) is 92.4 cm³/mol. The summed E-state index contributed by atoms with van der Waals surface area (Å²) in [6, 6.07) is 3.36. The van der Waals surface area contributed by atoms with Gasteiger partial charge in [0.2, 0.25) is 0 Å². The second kappa shape index (κ2) is 7.44. The van der Waals surface area contributed by atoms with Crippen molar-refractivity contribution in [3.63, 3.8) is 0 Å². The molecule has 0 aliphatic heterocycles. The average molecular weight is 345 g/mol. The number of aryl methyl sites for hydroxylation is 1. The number of nitrogens with zero attached hydrogens (tertiary/aromatic N) is 1. The predicted octanol–water partition coefficient (Wildman–Crippen LogP) is 3.13. The molecule has 7 heteroatoms. The van der Waals surface area contributed by atoms with Crippen LogP contribution in [0, 0.1) is 0 Å². The summed E-state index contributed by atoms with van der Waals surface area (Å²) in [5, 5.41) is 6.14. The summed E-state index contributed by atoms with van der Waals surface area (Å²) < 4.78 is 5.15. The number of anilines is 1. The highest BCUT2D eigenvalue weighted by Crippen LogP contribution is 2.39. The molecule has 0 spiro atoms. The van der Waals surface area contributed by atoms with E-state index in [0.717, 1.165) is 30.4 Å². The third-order valence-electron chi connectivity index (χ3n) is 3.80. The van der Waals surface area contributed by atoms with E-state index in [4.69, 9.17) is 4.74 Å². The molecule has 3 rings (SSSR count). The van der Waals surface area contributed by atoms with Gasteiger partial charge in [0.25, 0.3) is 0 Å². The highest BCUT2D eigenvalue weighted by Gasteiger charge is 2.28. The molecule has 1 aliphatic rings. The van der Waals surface area contributed by atoms with Crippen LogP contribution in [0.3, 0.4) is 0 Å². The Morgan fingerprint density at radius 2 is 2.25 bits per heavy atom. The number of nitrogens with one attached hydrogen (secondary N) is 2. The highest BCUT2D eigenvalue weighted by molar-refractivity contribution is 7.17. The number of hydrogen-bond acceptors (Lipinski definition) is 5. The number of aromatic nitrogens is 1. The Hall–Kier alpha value is -2.41. The zero-order valence-corrected chi connectivity index (χ0v) is 14.2. The maximum absolute atomic E-state index is 12.3. The first kappa shape index (κ1) is 16.4. The van der Waals surface area contributed by atoms with E-state index in [1.807, 2.05) is 12.1 Å². The van der Waals surface area contributed by atoms with Gasteiger partial charge in [0.05, 0.1) is 12.2 Å². The fourth-order valence-electron chi connectivity index (χ4n) is 2.74. The molecule has 0 unspecified atom stereocenters. The molecule has 0 radical (unpaired) electrons. The molecule has 6 nitrogen and oxygen atoms in total. The van der Waals surface area contributed by atoms with Gasteiger partial charge < -0.3 is 10.1 Å². The van der Waals surface area contributed by atoms with Crippen LogP contribution in [0.1, 0.15) is 39.7 Å². The SMILES string of the molecule is CCOC(=O)c1c(NC(=O)NCc2cccnc2)sc2c1CCC2. The van der Waals surface area contributed by atoms with E-state index < -0.39 is 0 Å². The quantitative estimate of drug-likeness (QED) is 0.816. The summed E-state index contributed by atoms with van der Waals surface area (Å²) in [4.78, 5) is 29.6. The minimum atomic E-state index is -0.362. The Bertz CT molecular complexity index is 743. The van der Waals surface area contributed by atoms with E-state index in [9.17, 15) is 9.59 Å². The van der Waals surface area contributed by atoms with Gasteiger partial charge in [-0.3, -0.25) is 10.3 Å². The lowest BCUT2D eigenvalue weighted by Crippen LogP contribution is -2.28. The minimum Gasteiger partial charge on any atom is -0.462 e. The van der Waals surface area contributed by atoms with E-state index in [1.165, 1.54) is 16.2 Å². The van der Waals surface area contributed by atoms with E-state index in [1.54, 1.807) is 19.3 Å². The van der Waals surface area contributed by atoms with Crippen LogP contribution in [0.15, 0.2) is 24.5 Å². The number of pyridine rings is 1. The molecule has 24 heavy (non-hydrogen) atoms. The first-order valence-electron chi connectivity index (χ1n) is 7.94. The number of urea groups is 1. The summed E-state index contributed by atoms with van der Waals surface area (Å²) >= 11 is 1.47. The van der Waals surface area contributed by atoms with Crippen LogP contribution < -0.4 is 10.6 Å². The molecule has 0 saturated heterocycles. The minimum absolute atomic E-state index is 0.316. The zero-order chi connectivity index (χ0) is 16.9. The average Bonchev–Trinajstić information content (AvgIpc) is 3.14. The molecule has 2 aromatic heterocycles. The van der Waals surface area contributed by atoms with Crippen LogP contribution in [-0.4, -0.2) is 23.6 Å². The Morgan fingerprint density at radius 1 is 1.38 bits per heavy atom. The van der Waals surface area contributed by atoms with Crippen LogP contribution in [-0.2, 0) is 24.1 Å². The molecule has 1 aliphatic carbocycles. The molecule has 0 fully saturated rings. The van der Waals surface area contributed by atoms with E-state index in [2.05, 4.69) is 15.6 Å². The molecule has 0 saturated carbocycles. The van der Waals surface area contributed by atoms with Crippen molar-refractivity contribution in [1.82, 2.24) is 10.3 Å². The standard InChI is InChI=1S/C17H19N3O3S/c1-2-23-16(21)14-12-6-3-7-13(12)24-15(14)20-17(22)19-10-11-5-4-8-18-9-11/h4-5,8-9H,2-3,6-7,10H2,1H3,(H2,19,20,22). The van der Waals surface area contributed by atoms with Crippen molar-refractivity contribution >= 4 is 28.3 Å². The maximum Gasteiger partial charge on any atom is 0.341 e. The number of amides is 2. The monoisotopic (exact) mass is 345 g/mol. The van der Waals surface area contributed by atoms with Crippen molar-refractivity contribution < 1.29 is 14.3 Å². The first-order chi connectivity index (χ1) is 11.7. The van der Waals surface area contributed by atoms with E-state index in [-0.39, 0.29) is 12.0 Å². The van der Waals surface area contributed by atoms with Crippen LogP contribution in [0.25, 0.3) is 0 Å². The van der Waals surface area contributed by atoms with Gasteiger partial charge in [0, 0.05) is 23.8 Å². The number of esters is 1. The Kier molecular flexibility index (Phi) is 5.10. The van der Waals surface area contributed by atoms with Gasteiger partial charge in [-0.25, -0.2) is 9.59 Å². The van der Waals surface area contributed by atoms with Crippen LogP contribution in [0.4, 0.5) is 9.80 Å². The molecular weight excluding hydrogens is 326 g/mol. The number of fused-ring (bicyclic) bond motifs is 1. The molecule has 0 bridgehead atoms. The smallest absolute Gasteiger partial charge is 0.341 e. The van der Waals surface area contributed by atoms with E-state index in [0.29, 0.717) is 23.7 Å². The number of hydrogen-bond donors (Lipinski definition) is 2. The first-order valence-corrected chi connectivity index (χ1v) is 8.76. The normalized spacial score (nSPS) is 12.5. The Morgan fingerprint density at radius 3 is 3.00 bits per heavy atom. The summed E-state index contributed by atoms with van der Waals surface area (Å²) in [7, 11) is 0. The second-order valence-corrected chi connectivity index (χ2v) is 6.56. The van der Waals surface area contributed by atoms with Gasteiger partial charge in [-0.15, -0.1) is 11.3 Å². The van der Waals surface area contributed by atoms with Crippen molar-refractivity contribution in [1.29, 1.82) is 0 Å². The van der Waals surface area contributed by atoms with Gasteiger partial charge in [-0.05, 0) is 43.4 Å². The molecule has 2 N–H and O–H groups in total. The fraction of sp³-hybridized carbons (Fsp3) is 0.353.